The second-order valence-electron chi connectivity index (χ2n) is 3.61. The molecule has 0 bridgehead atoms. The van der Waals surface area contributed by atoms with Gasteiger partial charge in [0.05, 0.1) is 18.5 Å². The summed E-state index contributed by atoms with van der Waals surface area (Å²) in [4.78, 5) is 8.87. The van der Waals surface area contributed by atoms with Crippen LogP contribution in [0.15, 0.2) is 52.5 Å². The first-order chi connectivity index (χ1) is 8.76. The van der Waals surface area contributed by atoms with E-state index in [0.717, 1.165) is 26.4 Å². The molecule has 0 aromatic heterocycles. The molecular formula is C14H13IN2O. The molecule has 2 rings (SSSR count). The zero-order valence-corrected chi connectivity index (χ0v) is 12.4. The molecule has 0 heterocycles. The van der Waals surface area contributed by atoms with E-state index in [2.05, 4.69) is 32.6 Å². The Labute approximate surface area is 120 Å². The maximum atomic E-state index is 5.34. The van der Waals surface area contributed by atoms with Crippen LogP contribution < -0.4 is 4.74 Å². The van der Waals surface area contributed by atoms with Crippen LogP contribution in [0.3, 0.4) is 0 Å². The van der Waals surface area contributed by atoms with E-state index in [1.165, 1.54) is 0 Å². The fraction of sp³-hybridized carbons (Fsp3) is 0.143. The normalized spacial score (nSPS) is 18.6. The lowest BCUT2D eigenvalue weighted by Crippen LogP contribution is -2.11. The van der Waals surface area contributed by atoms with Crippen molar-refractivity contribution >= 4 is 39.7 Å². The summed E-state index contributed by atoms with van der Waals surface area (Å²) in [6, 6.07) is 5.87. The maximum absolute atomic E-state index is 5.34. The largest absolute Gasteiger partial charge is 0.494 e. The van der Waals surface area contributed by atoms with Gasteiger partial charge in [0.15, 0.2) is 0 Å². The second kappa shape index (κ2) is 5.95. The highest BCUT2D eigenvalue weighted by Crippen LogP contribution is 2.32. The van der Waals surface area contributed by atoms with Crippen molar-refractivity contribution in [1.29, 1.82) is 0 Å². The Morgan fingerprint density at radius 2 is 1.83 bits per heavy atom. The molecule has 0 unspecified atom stereocenters. The van der Waals surface area contributed by atoms with Crippen molar-refractivity contribution in [3.63, 3.8) is 0 Å². The molecule has 4 heteroatoms. The summed E-state index contributed by atoms with van der Waals surface area (Å²) in [7, 11) is 3.42. The zero-order valence-electron chi connectivity index (χ0n) is 10.2. The van der Waals surface area contributed by atoms with Crippen molar-refractivity contribution in [3.05, 3.63) is 46.1 Å². The summed E-state index contributed by atoms with van der Waals surface area (Å²) in [6.07, 6.45) is 7.80. The molecule has 0 spiro atoms. The first-order valence-corrected chi connectivity index (χ1v) is 6.57. The number of allylic oxidation sites excluding steroid dienone is 4. The molecule has 0 aliphatic heterocycles. The fourth-order valence-corrected chi connectivity index (χ4v) is 2.23. The number of ether oxygens (including phenoxy) is 1. The van der Waals surface area contributed by atoms with Crippen LogP contribution in [0.1, 0.15) is 0 Å². The van der Waals surface area contributed by atoms with Crippen molar-refractivity contribution in [2.75, 3.05) is 14.2 Å². The van der Waals surface area contributed by atoms with E-state index in [1.54, 1.807) is 14.2 Å². The van der Waals surface area contributed by atoms with E-state index >= 15 is 0 Å². The lowest BCUT2D eigenvalue weighted by Gasteiger charge is -2.09. The van der Waals surface area contributed by atoms with Gasteiger partial charge < -0.3 is 4.74 Å². The summed E-state index contributed by atoms with van der Waals surface area (Å²) < 4.78 is 6.40. The van der Waals surface area contributed by atoms with Gasteiger partial charge in [-0.15, -0.1) is 0 Å². The summed E-state index contributed by atoms with van der Waals surface area (Å²) in [5, 5.41) is 0. The molecule has 0 saturated heterocycles. The van der Waals surface area contributed by atoms with Crippen LogP contribution in [0, 0.1) is 3.57 Å². The molecule has 1 aliphatic carbocycles. The minimum absolute atomic E-state index is 0.771. The topological polar surface area (TPSA) is 34.0 Å². The van der Waals surface area contributed by atoms with Gasteiger partial charge in [-0.05, 0) is 46.9 Å². The van der Waals surface area contributed by atoms with Crippen LogP contribution in [0.2, 0.25) is 0 Å². The third-order valence-corrected chi connectivity index (χ3v) is 3.40. The van der Waals surface area contributed by atoms with Crippen molar-refractivity contribution in [2.45, 2.75) is 0 Å². The standard InChI is InChI=1S/C14H13IN2O/c1-16-11-7-3-4-8-12(11)17-14-10(15)6-5-9-13(14)18-2/h3-9H,1-2H3. The van der Waals surface area contributed by atoms with Crippen molar-refractivity contribution in [1.82, 2.24) is 0 Å². The van der Waals surface area contributed by atoms with Gasteiger partial charge in [-0.25, -0.2) is 4.99 Å². The number of hydrogen-bond donors (Lipinski definition) is 0. The van der Waals surface area contributed by atoms with E-state index in [-0.39, 0.29) is 0 Å². The summed E-state index contributed by atoms with van der Waals surface area (Å²) in [6.45, 7) is 0. The van der Waals surface area contributed by atoms with E-state index in [9.17, 15) is 0 Å². The second-order valence-corrected chi connectivity index (χ2v) is 4.78. The van der Waals surface area contributed by atoms with Gasteiger partial charge in [0.25, 0.3) is 0 Å². The van der Waals surface area contributed by atoms with E-state index in [4.69, 9.17) is 4.74 Å². The Morgan fingerprint density at radius 3 is 2.50 bits per heavy atom. The van der Waals surface area contributed by atoms with E-state index in [1.807, 2.05) is 42.5 Å². The highest BCUT2D eigenvalue weighted by molar-refractivity contribution is 14.1. The van der Waals surface area contributed by atoms with Gasteiger partial charge in [0.2, 0.25) is 0 Å². The maximum Gasteiger partial charge on any atom is 0.145 e. The molecule has 18 heavy (non-hydrogen) atoms. The van der Waals surface area contributed by atoms with Crippen LogP contribution in [-0.4, -0.2) is 25.6 Å². The Kier molecular flexibility index (Phi) is 4.30. The number of aliphatic imine (C=N–C) groups is 2. The molecule has 1 aromatic rings. The minimum atomic E-state index is 0.771. The number of hydrogen-bond acceptors (Lipinski definition) is 3. The van der Waals surface area contributed by atoms with Crippen molar-refractivity contribution in [3.8, 4) is 5.75 Å². The quantitative estimate of drug-likeness (QED) is 0.592. The third kappa shape index (κ3) is 2.69. The molecule has 3 nitrogen and oxygen atoms in total. The highest BCUT2D eigenvalue weighted by Gasteiger charge is 2.10. The Hall–Kier alpha value is -1.43. The molecule has 0 atom stereocenters. The smallest absolute Gasteiger partial charge is 0.145 e. The van der Waals surface area contributed by atoms with Crippen molar-refractivity contribution in [2.24, 2.45) is 9.98 Å². The number of methoxy groups -OCH3 is 1. The average molecular weight is 352 g/mol. The van der Waals surface area contributed by atoms with Crippen LogP contribution in [0.5, 0.6) is 5.75 Å². The molecule has 0 N–H and O–H groups in total. The van der Waals surface area contributed by atoms with Gasteiger partial charge in [0, 0.05) is 10.6 Å². The van der Waals surface area contributed by atoms with Crippen LogP contribution in [0.4, 0.5) is 5.69 Å². The number of nitrogens with zero attached hydrogens (tertiary/aromatic N) is 2. The molecule has 0 amide bonds. The van der Waals surface area contributed by atoms with E-state index < -0.39 is 0 Å². The highest BCUT2D eigenvalue weighted by atomic mass is 127. The summed E-state index contributed by atoms with van der Waals surface area (Å²) >= 11 is 2.26. The SMILES string of the molecule is CN=C1C=CC=CC1=Nc1c(I)cccc1OC. The molecule has 0 radical (unpaired) electrons. The number of benzene rings is 1. The van der Waals surface area contributed by atoms with Gasteiger partial charge >= 0.3 is 0 Å². The van der Waals surface area contributed by atoms with Crippen LogP contribution in [-0.2, 0) is 0 Å². The molecular weight excluding hydrogens is 339 g/mol. The van der Waals surface area contributed by atoms with Crippen LogP contribution in [0.25, 0.3) is 0 Å². The average Bonchev–Trinajstić information content (AvgIpc) is 2.41. The Balaban J connectivity index is 2.51. The Morgan fingerprint density at radius 1 is 1.11 bits per heavy atom. The number of para-hydroxylation sites is 1. The first-order valence-electron chi connectivity index (χ1n) is 5.49. The lowest BCUT2D eigenvalue weighted by atomic mass is 10.1. The predicted octanol–water partition coefficient (Wildman–Crippen LogP) is 3.57. The lowest BCUT2D eigenvalue weighted by molar-refractivity contribution is 0.416. The Bertz CT molecular complexity index is 571. The van der Waals surface area contributed by atoms with Gasteiger partial charge in [-0.3, -0.25) is 4.99 Å². The summed E-state index contributed by atoms with van der Waals surface area (Å²) in [5.74, 6) is 0.771. The first kappa shape index (κ1) is 13.0. The number of halogens is 1. The molecule has 1 aliphatic rings. The van der Waals surface area contributed by atoms with Gasteiger partial charge in [0.1, 0.15) is 11.4 Å². The molecule has 0 fully saturated rings. The molecule has 92 valence electrons. The summed E-state index contributed by atoms with van der Waals surface area (Å²) in [5.41, 5.74) is 2.57. The molecule has 0 saturated carbocycles. The molecule has 1 aromatic carbocycles. The monoisotopic (exact) mass is 352 g/mol. The van der Waals surface area contributed by atoms with Gasteiger partial charge in [-0.1, -0.05) is 18.2 Å². The minimum Gasteiger partial charge on any atom is -0.494 e. The third-order valence-electron chi connectivity index (χ3n) is 2.52. The fourth-order valence-electron chi connectivity index (χ4n) is 1.64. The zero-order chi connectivity index (χ0) is 13.0. The number of rotatable bonds is 2. The predicted molar refractivity (Wildman–Crippen MR) is 84.4 cm³/mol. The van der Waals surface area contributed by atoms with E-state index in [0.29, 0.717) is 0 Å². The van der Waals surface area contributed by atoms with Gasteiger partial charge in [-0.2, -0.15) is 0 Å². The van der Waals surface area contributed by atoms with Crippen LogP contribution >= 0.6 is 22.6 Å². The van der Waals surface area contributed by atoms with Crippen molar-refractivity contribution < 1.29 is 4.74 Å².